The van der Waals surface area contributed by atoms with Gasteiger partial charge in [-0.1, -0.05) is 17.7 Å². The van der Waals surface area contributed by atoms with Crippen LogP contribution < -0.4 is 10.6 Å². The van der Waals surface area contributed by atoms with E-state index in [4.69, 9.17) is 0 Å². The second kappa shape index (κ2) is 7.82. The SMILES string of the molecule is Cc1ccc(S(=O)(=O)N2CCN(CC(=O)NC3CCNC3)CC2)cc1. The van der Waals surface area contributed by atoms with E-state index in [0.29, 0.717) is 37.6 Å². The van der Waals surface area contributed by atoms with Crippen LogP contribution in [0.2, 0.25) is 0 Å². The second-order valence-corrected chi connectivity index (χ2v) is 8.69. The Balaban J connectivity index is 1.51. The van der Waals surface area contributed by atoms with Crippen LogP contribution in [0.5, 0.6) is 0 Å². The fourth-order valence-electron chi connectivity index (χ4n) is 3.24. The first kappa shape index (κ1) is 18.3. The van der Waals surface area contributed by atoms with Crippen LogP contribution in [0.4, 0.5) is 0 Å². The summed E-state index contributed by atoms with van der Waals surface area (Å²) in [6.45, 7) is 6.00. The lowest BCUT2D eigenvalue weighted by Gasteiger charge is -2.33. The summed E-state index contributed by atoms with van der Waals surface area (Å²) < 4.78 is 26.9. The van der Waals surface area contributed by atoms with Crippen molar-refractivity contribution in [2.75, 3.05) is 45.8 Å². The first-order chi connectivity index (χ1) is 11.9. The predicted molar refractivity (Wildman–Crippen MR) is 95.8 cm³/mol. The molecule has 0 aromatic heterocycles. The zero-order chi connectivity index (χ0) is 17.9. The quantitative estimate of drug-likeness (QED) is 0.753. The maximum absolute atomic E-state index is 12.7. The highest BCUT2D eigenvalue weighted by molar-refractivity contribution is 7.89. The number of hydrogen-bond acceptors (Lipinski definition) is 5. The van der Waals surface area contributed by atoms with E-state index in [-0.39, 0.29) is 11.9 Å². The highest BCUT2D eigenvalue weighted by Gasteiger charge is 2.29. The summed E-state index contributed by atoms with van der Waals surface area (Å²) in [6, 6.07) is 7.15. The minimum absolute atomic E-state index is 0.0172. The molecule has 1 amide bonds. The van der Waals surface area contributed by atoms with E-state index in [2.05, 4.69) is 10.6 Å². The van der Waals surface area contributed by atoms with Gasteiger partial charge < -0.3 is 10.6 Å². The largest absolute Gasteiger partial charge is 0.351 e. The van der Waals surface area contributed by atoms with Crippen molar-refractivity contribution in [3.63, 3.8) is 0 Å². The first-order valence-corrected chi connectivity index (χ1v) is 10.2. The van der Waals surface area contributed by atoms with Gasteiger partial charge in [0.2, 0.25) is 15.9 Å². The zero-order valence-corrected chi connectivity index (χ0v) is 15.4. The van der Waals surface area contributed by atoms with E-state index >= 15 is 0 Å². The Labute approximate surface area is 149 Å². The molecular weight excluding hydrogens is 340 g/mol. The molecule has 2 saturated heterocycles. The monoisotopic (exact) mass is 366 g/mol. The Bertz CT molecular complexity index is 691. The Hall–Kier alpha value is -1.48. The molecule has 0 radical (unpaired) electrons. The molecule has 2 fully saturated rings. The number of carbonyl (C=O) groups is 1. The molecule has 0 spiro atoms. The number of amides is 1. The number of rotatable bonds is 5. The Kier molecular flexibility index (Phi) is 5.73. The van der Waals surface area contributed by atoms with Gasteiger partial charge in [0.25, 0.3) is 0 Å². The van der Waals surface area contributed by atoms with Crippen molar-refractivity contribution in [1.29, 1.82) is 0 Å². The van der Waals surface area contributed by atoms with Crippen molar-refractivity contribution in [2.45, 2.75) is 24.3 Å². The van der Waals surface area contributed by atoms with Crippen molar-refractivity contribution < 1.29 is 13.2 Å². The normalized spacial score (nSPS) is 22.8. The number of piperazine rings is 1. The highest BCUT2D eigenvalue weighted by atomic mass is 32.2. The molecule has 3 rings (SSSR count). The van der Waals surface area contributed by atoms with Crippen molar-refractivity contribution in [3.8, 4) is 0 Å². The summed E-state index contributed by atoms with van der Waals surface area (Å²) in [7, 11) is -3.45. The lowest BCUT2D eigenvalue weighted by atomic mass is 10.2. The van der Waals surface area contributed by atoms with Gasteiger partial charge in [0.05, 0.1) is 11.4 Å². The molecule has 0 saturated carbocycles. The van der Waals surface area contributed by atoms with E-state index in [1.54, 1.807) is 12.1 Å². The summed E-state index contributed by atoms with van der Waals surface area (Å²) >= 11 is 0. The van der Waals surface area contributed by atoms with E-state index in [9.17, 15) is 13.2 Å². The summed E-state index contributed by atoms with van der Waals surface area (Å²) in [5.74, 6) is 0.0172. The van der Waals surface area contributed by atoms with Crippen LogP contribution in [0, 0.1) is 6.92 Å². The van der Waals surface area contributed by atoms with E-state index < -0.39 is 10.0 Å². The van der Waals surface area contributed by atoms with Gasteiger partial charge in [-0.15, -0.1) is 0 Å². The highest BCUT2D eigenvalue weighted by Crippen LogP contribution is 2.18. The maximum Gasteiger partial charge on any atom is 0.243 e. The predicted octanol–water partition coefficient (Wildman–Crippen LogP) is -0.221. The summed E-state index contributed by atoms with van der Waals surface area (Å²) in [5, 5.41) is 6.24. The van der Waals surface area contributed by atoms with Crippen LogP contribution in [-0.4, -0.2) is 75.4 Å². The molecule has 2 aliphatic heterocycles. The molecule has 1 aromatic carbocycles. The molecule has 2 heterocycles. The molecule has 0 bridgehead atoms. The number of benzene rings is 1. The van der Waals surface area contributed by atoms with Crippen molar-refractivity contribution in [2.24, 2.45) is 0 Å². The number of nitrogens with zero attached hydrogens (tertiary/aromatic N) is 2. The van der Waals surface area contributed by atoms with Gasteiger partial charge in [-0.25, -0.2) is 8.42 Å². The molecule has 2 N–H and O–H groups in total. The third-order valence-electron chi connectivity index (χ3n) is 4.78. The number of carbonyl (C=O) groups excluding carboxylic acids is 1. The topological polar surface area (TPSA) is 81.8 Å². The van der Waals surface area contributed by atoms with Gasteiger partial charge in [0.15, 0.2) is 0 Å². The number of hydrogen-bond donors (Lipinski definition) is 2. The molecule has 1 aromatic rings. The van der Waals surface area contributed by atoms with Crippen LogP contribution in [0.1, 0.15) is 12.0 Å². The van der Waals surface area contributed by atoms with Gasteiger partial charge in [-0.05, 0) is 32.0 Å². The molecule has 1 unspecified atom stereocenters. The molecule has 1 atom stereocenters. The summed E-state index contributed by atoms with van der Waals surface area (Å²) in [4.78, 5) is 14.4. The summed E-state index contributed by atoms with van der Waals surface area (Å²) in [6.07, 6.45) is 0.967. The standard InChI is InChI=1S/C17H26N4O3S/c1-14-2-4-16(5-3-14)25(23,24)21-10-8-20(9-11-21)13-17(22)19-15-6-7-18-12-15/h2-5,15,18H,6-13H2,1H3,(H,19,22). The Morgan fingerprint density at radius 2 is 1.88 bits per heavy atom. The van der Waals surface area contributed by atoms with Crippen molar-refractivity contribution in [3.05, 3.63) is 29.8 Å². The average molecular weight is 366 g/mol. The van der Waals surface area contributed by atoms with E-state index in [1.807, 2.05) is 24.0 Å². The van der Waals surface area contributed by atoms with Gasteiger partial charge in [0, 0.05) is 38.8 Å². The molecule has 138 valence electrons. The second-order valence-electron chi connectivity index (χ2n) is 6.75. The fourth-order valence-corrected chi connectivity index (χ4v) is 4.66. The minimum atomic E-state index is -3.45. The number of sulfonamides is 1. The lowest BCUT2D eigenvalue weighted by Crippen LogP contribution is -2.51. The van der Waals surface area contributed by atoms with Crippen LogP contribution in [0.15, 0.2) is 29.2 Å². The third kappa shape index (κ3) is 4.58. The molecule has 0 aliphatic carbocycles. The van der Waals surface area contributed by atoms with Gasteiger partial charge in [-0.2, -0.15) is 4.31 Å². The molecule has 7 nitrogen and oxygen atoms in total. The van der Waals surface area contributed by atoms with Crippen molar-refractivity contribution >= 4 is 15.9 Å². The van der Waals surface area contributed by atoms with Crippen LogP contribution in [-0.2, 0) is 14.8 Å². The average Bonchev–Trinajstić information content (AvgIpc) is 3.08. The molecule has 2 aliphatic rings. The van der Waals surface area contributed by atoms with E-state index in [0.717, 1.165) is 25.1 Å². The van der Waals surface area contributed by atoms with Gasteiger partial charge >= 0.3 is 0 Å². The Morgan fingerprint density at radius 3 is 2.48 bits per heavy atom. The number of nitrogens with one attached hydrogen (secondary N) is 2. The van der Waals surface area contributed by atoms with Gasteiger partial charge in [-0.3, -0.25) is 9.69 Å². The smallest absolute Gasteiger partial charge is 0.243 e. The van der Waals surface area contributed by atoms with Crippen LogP contribution in [0.3, 0.4) is 0 Å². The maximum atomic E-state index is 12.7. The Morgan fingerprint density at radius 1 is 1.20 bits per heavy atom. The molecular formula is C17H26N4O3S. The van der Waals surface area contributed by atoms with Gasteiger partial charge in [0.1, 0.15) is 0 Å². The zero-order valence-electron chi connectivity index (χ0n) is 14.6. The minimum Gasteiger partial charge on any atom is -0.351 e. The summed E-state index contributed by atoms with van der Waals surface area (Å²) in [5.41, 5.74) is 1.03. The van der Waals surface area contributed by atoms with E-state index in [1.165, 1.54) is 4.31 Å². The first-order valence-electron chi connectivity index (χ1n) is 8.74. The fraction of sp³-hybridized carbons (Fsp3) is 0.588. The van der Waals surface area contributed by atoms with Crippen LogP contribution >= 0.6 is 0 Å². The van der Waals surface area contributed by atoms with Crippen molar-refractivity contribution in [1.82, 2.24) is 19.8 Å². The third-order valence-corrected chi connectivity index (χ3v) is 6.70. The molecule has 8 heteroatoms. The lowest BCUT2D eigenvalue weighted by molar-refractivity contribution is -0.123. The molecule has 25 heavy (non-hydrogen) atoms. The number of aryl methyl sites for hydroxylation is 1. The van der Waals surface area contributed by atoms with Crippen LogP contribution in [0.25, 0.3) is 0 Å².